The minimum atomic E-state index is -4.16. The molecule has 0 aromatic heterocycles. The highest BCUT2D eigenvalue weighted by Crippen LogP contribution is 2.45. The molecule has 1 heterocycles. The van der Waals surface area contributed by atoms with Gasteiger partial charge in [0.25, 0.3) is 0 Å². The number of hydrogen-bond donors (Lipinski definition) is 3. The highest BCUT2D eigenvalue weighted by molar-refractivity contribution is 7.47. The van der Waals surface area contributed by atoms with Crippen LogP contribution in [0.1, 0.15) is 0 Å². The van der Waals surface area contributed by atoms with E-state index < -0.39 is 32.7 Å². The molecule has 0 aliphatic carbocycles. The van der Waals surface area contributed by atoms with Gasteiger partial charge in [-0.1, -0.05) is 0 Å². The zero-order valence-corrected chi connectivity index (χ0v) is 8.46. The fourth-order valence-corrected chi connectivity index (χ4v) is 1.82. The van der Waals surface area contributed by atoms with Crippen molar-refractivity contribution in [2.24, 2.45) is 0 Å². The summed E-state index contributed by atoms with van der Waals surface area (Å²) in [4.78, 5) is 8.98. The van der Waals surface area contributed by atoms with Gasteiger partial charge in [0.2, 0.25) is 0 Å². The van der Waals surface area contributed by atoms with Crippen molar-refractivity contribution in [2.45, 2.75) is 18.3 Å². The molecule has 84 valence electrons. The van der Waals surface area contributed by atoms with Gasteiger partial charge in [-0.25, -0.2) is 4.57 Å². The lowest BCUT2D eigenvalue weighted by Crippen LogP contribution is -2.34. The van der Waals surface area contributed by atoms with E-state index in [1.807, 2.05) is 0 Å². The Bertz CT molecular complexity index is 232. The lowest BCUT2D eigenvalue weighted by atomic mass is 10.2. The van der Waals surface area contributed by atoms with Crippen molar-refractivity contribution in [2.75, 3.05) is 20.3 Å². The van der Waals surface area contributed by atoms with Crippen molar-refractivity contribution in [1.82, 2.24) is 0 Å². The zero-order valence-electron chi connectivity index (χ0n) is 7.57. The average Bonchev–Trinajstić information content (AvgIpc) is 2.48. The summed E-state index contributed by atoms with van der Waals surface area (Å²) in [5, 5.41) is 18.1. The van der Waals surface area contributed by atoms with E-state index >= 15 is 0 Å². The van der Waals surface area contributed by atoms with Gasteiger partial charge in [0.15, 0.2) is 0 Å². The normalized spacial score (nSPS) is 37.0. The lowest BCUT2D eigenvalue weighted by molar-refractivity contribution is -0.00852. The summed E-state index contributed by atoms with van der Waals surface area (Å²) in [7, 11) is -3.15. The van der Waals surface area contributed by atoms with E-state index in [9.17, 15) is 9.67 Å². The molecule has 0 spiro atoms. The molecule has 0 bridgehead atoms. The van der Waals surface area contributed by atoms with Gasteiger partial charge in [-0.2, -0.15) is 0 Å². The van der Waals surface area contributed by atoms with Crippen molar-refractivity contribution in [3.8, 4) is 0 Å². The van der Waals surface area contributed by atoms with E-state index in [4.69, 9.17) is 14.7 Å². The van der Waals surface area contributed by atoms with E-state index in [0.717, 1.165) is 7.11 Å². The summed E-state index contributed by atoms with van der Waals surface area (Å²) < 4.78 is 24.7. The average molecular weight is 228 g/mol. The van der Waals surface area contributed by atoms with Crippen LogP contribution in [0.5, 0.6) is 0 Å². The second kappa shape index (κ2) is 4.67. The summed E-state index contributed by atoms with van der Waals surface area (Å²) in [6, 6.07) is 0. The minimum absolute atomic E-state index is 0.0421. The zero-order chi connectivity index (χ0) is 10.8. The summed E-state index contributed by atoms with van der Waals surface area (Å²) in [6.07, 6.45) is -2.89. The molecule has 1 saturated heterocycles. The van der Waals surface area contributed by atoms with E-state index in [-0.39, 0.29) is 6.61 Å². The van der Waals surface area contributed by atoms with Crippen LogP contribution in [0.4, 0.5) is 0 Å². The molecule has 7 nitrogen and oxygen atoms in total. The molecular formula is C6H13O7P. The number of phosphoric acid groups is 1. The van der Waals surface area contributed by atoms with Crippen LogP contribution in [0, 0.1) is 0 Å². The highest BCUT2D eigenvalue weighted by atomic mass is 31.2. The fraction of sp³-hybridized carbons (Fsp3) is 1.00. The molecule has 1 rings (SSSR count). The summed E-state index contributed by atoms with van der Waals surface area (Å²) in [6.45, 7) is -0.439. The third-order valence-corrected chi connectivity index (χ3v) is 2.86. The van der Waals surface area contributed by atoms with E-state index in [1.165, 1.54) is 0 Å². The van der Waals surface area contributed by atoms with Gasteiger partial charge in [-0.05, 0) is 0 Å². The van der Waals surface area contributed by atoms with E-state index in [1.54, 1.807) is 0 Å². The summed E-state index contributed by atoms with van der Waals surface area (Å²) >= 11 is 0. The summed E-state index contributed by atoms with van der Waals surface area (Å²) in [5.41, 5.74) is 0. The molecular weight excluding hydrogens is 215 g/mol. The first-order valence-electron chi connectivity index (χ1n) is 3.97. The molecule has 1 aliphatic rings. The molecule has 0 radical (unpaired) electrons. The van der Waals surface area contributed by atoms with Crippen LogP contribution in [-0.4, -0.2) is 53.7 Å². The van der Waals surface area contributed by atoms with Gasteiger partial charge < -0.3 is 19.8 Å². The molecule has 4 atom stereocenters. The van der Waals surface area contributed by atoms with Gasteiger partial charge >= 0.3 is 7.82 Å². The Balaban J connectivity index is 2.61. The number of ether oxygens (including phenoxy) is 1. The Morgan fingerprint density at radius 2 is 2.29 bits per heavy atom. The van der Waals surface area contributed by atoms with E-state index in [0.29, 0.717) is 0 Å². The number of rotatable bonds is 4. The molecule has 0 aromatic carbocycles. The highest BCUT2D eigenvalue weighted by Gasteiger charge is 2.41. The smallest absolute Gasteiger partial charge is 0.394 e. The van der Waals surface area contributed by atoms with Crippen LogP contribution >= 0.6 is 7.82 Å². The molecule has 0 aromatic rings. The summed E-state index contributed by atoms with van der Waals surface area (Å²) in [5.74, 6) is 0. The second-order valence-corrected chi connectivity index (χ2v) is 4.36. The van der Waals surface area contributed by atoms with Crippen molar-refractivity contribution >= 4 is 7.82 Å². The molecule has 3 N–H and O–H groups in total. The standard InChI is InChI=1S/C6H13O7P/c1-11-14(9,10)13-6-4(8)3-12-5(6)2-7/h4-8H,2-3H2,1H3,(H,9,10)/t4?,5-,6?/m1/s1. The third kappa shape index (κ3) is 2.74. The lowest BCUT2D eigenvalue weighted by Gasteiger charge is -2.20. The molecule has 14 heavy (non-hydrogen) atoms. The Morgan fingerprint density at radius 3 is 2.79 bits per heavy atom. The van der Waals surface area contributed by atoms with Crippen LogP contribution in [0.15, 0.2) is 0 Å². The number of phosphoric ester groups is 1. The number of aliphatic hydroxyl groups is 2. The maximum atomic E-state index is 11.0. The van der Waals surface area contributed by atoms with E-state index in [2.05, 4.69) is 9.05 Å². The minimum Gasteiger partial charge on any atom is -0.394 e. The SMILES string of the molecule is COP(=O)(O)OC1C(O)CO[C@@H]1CO. The van der Waals surface area contributed by atoms with Crippen molar-refractivity contribution < 1.29 is 33.5 Å². The Kier molecular flexibility index (Phi) is 4.03. The number of hydrogen-bond acceptors (Lipinski definition) is 6. The molecule has 8 heteroatoms. The predicted molar refractivity (Wildman–Crippen MR) is 44.5 cm³/mol. The van der Waals surface area contributed by atoms with Crippen LogP contribution in [-0.2, 0) is 18.3 Å². The van der Waals surface area contributed by atoms with Crippen LogP contribution in [0.25, 0.3) is 0 Å². The van der Waals surface area contributed by atoms with Gasteiger partial charge in [0, 0.05) is 7.11 Å². The first kappa shape index (κ1) is 12.1. The molecule has 0 amide bonds. The van der Waals surface area contributed by atoms with Gasteiger partial charge in [-0.15, -0.1) is 0 Å². The number of aliphatic hydroxyl groups excluding tert-OH is 2. The molecule has 1 aliphatic heterocycles. The molecule has 0 saturated carbocycles. The molecule has 1 fully saturated rings. The Labute approximate surface area is 80.8 Å². The van der Waals surface area contributed by atoms with Crippen LogP contribution < -0.4 is 0 Å². The van der Waals surface area contributed by atoms with Crippen LogP contribution in [0.2, 0.25) is 0 Å². The second-order valence-electron chi connectivity index (χ2n) is 2.84. The first-order chi connectivity index (χ1) is 6.50. The van der Waals surface area contributed by atoms with Crippen LogP contribution in [0.3, 0.4) is 0 Å². The maximum absolute atomic E-state index is 11.0. The Hall–Kier alpha value is -0.0100. The van der Waals surface area contributed by atoms with Gasteiger partial charge in [-0.3, -0.25) is 9.05 Å². The first-order valence-corrected chi connectivity index (χ1v) is 5.47. The fourth-order valence-electron chi connectivity index (χ4n) is 1.15. The quantitative estimate of drug-likeness (QED) is 0.523. The topological polar surface area (TPSA) is 105 Å². The van der Waals surface area contributed by atoms with Crippen molar-refractivity contribution in [3.05, 3.63) is 0 Å². The largest absolute Gasteiger partial charge is 0.472 e. The molecule has 3 unspecified atom stereocenters. The van der Waals surface area contributed by atoms with Crippen molar-refractivity contribution in [3.63, 3.8) is 0 Å². The monoisotopic (exact) mass is 228 g/mol. The Morgan fingerprint density at radius 1 is 1.64 bits per heavy atom. The van der Waals surface area contributed by atoms with Gasteiger partial charge in [0.1, 0.15) is 18.3 Å². The third-order valence-electron chi connectivity index (χ3n) is 1.89. The van der Waals surface area contributed by atoms with Gasteiger partial charge in [0.05, 0.1) is 13.2 Å². The van der Waals surface area contributed by atoms with Crippen molar-refractivity contribution in [1.29, 1.82) is 0 Å². The maximum Gasteiger partial charge on any atom is 0.472 e. The predicted octanol–water partition coefficient (Wildman–Crippen LogP) is -1.13.